The molecule has 7 unspecified atom stereocenters. The Kier molecular flexibility index (Phi) is 7.64. The minimum atomic E-state index is -1.41. The van der Waals surface area contributed by atoms with E-state index in [1.54, 1.807) is 20.8 Å². The molecule has 0 nitrogen and oxygen atoms in total. The summed E-state index contributed by atoms with van der Waals surface area (Å²) in [4.78, 5) is 0. The van der Waals surface area contributed by atoms with Gasteiger partial charge in [-0.05, 0) is 74.0 Å². The maximum absolute atomic E-state index is 14.6. The standard InChI is InChI=1S/C21H36F4/c1-5-16(20(24)18(22)12(2)3)14-7-9-15(10-8-14)17-11-6-13(4)19(23)21(17)25/h12-21H,5-11H2,1-4H3. The third kappa shape index (κ3) is 4.71. The van der Waals surface area contributed by atoms with Crippen molar-refractivity contribution in [2.45, 2.75) is 97.3 Å². The van der Waals surface area contributed by atoms with Gasteiger partial charge in [0, 0.05) is 0 Å². The molecule has 2 aliphatic carbocycles. The van der Waals surface area contributed by atoms with E-state index in [9.17, 15) is 17.6 Å². The Labute approximate surface area is 151 Å². The quantitative estimate of drug-likeness (QED) is 0.451. The fourth-order valence-electron chi connectivity index (χ4n) is 5.24. The summed E-state index contributed by atoms with van der Waals surface area (Å²) in [6, 6.07) is 0. The van der Waals surface area contributed by atoms with Gasteiger partial charge in [0.05, 0.1) is 0 Å². The molecule has 0 radical (unpaired) electrons. The van der Waals surface area contributed by atoms with Crippen LogP contribution < -0.4 is 0 Å². The van der Waals surface area contributed by atoms with Crippen LogP contribution in [-0.2, 0) is 0 Å². The van der Waals surface area contributed by atoms with E-state index in [1.807, 2.05) is 6.92 Å². The van der Waals surface area contributed by atoms with Crippen LogP contribution in [0, 0.1) is 35.5 Å². The van der Waals surface area contributed by atoms with Crippen LogP contribution in [0.4, 0.5) is 17.6 Å². The predicted octanol–water partition coefficient (Wildman–Crippen LogP) is 6.87. The molecule has 148 valence electrons. The molecule has 0 aromatic carbocycles. The van der Waals surface area contributed by atoms with Crippen LogP contribution in [0.5, 0.6) is 0 Å². The van der Waals surface area contributed by atoms with Crippen molar-refractivity contribution in [3.63, 3.8) is 0 Å². The van der Waals surface area contributed by atoms with Crippen molar-refractivity contribution in [3.8, 4) is 0 Å². The van der Waals surface area contributed by atoms with Gasteiger partial charge in [0.25, 0.3) is 0 Å². The third-order valence-electron chi connectivity index (χ3n) is 7.06. The van der Waals surface area contributed by atoms with Crippen molar-refractivity contribution in [1.82, 2.24) is 0 Å². The van der Waals surface area contributed by atoms with Gasteiger partial charge in [-0.3, -0.25) is 0 Å². The largest absolute Gasteiger partial charge is 0.244 e. The zero-order chi connectivity index (χ0) is 18.7. The lowest BCUT2D eigenvalue weighted by Crippen LogP contribution is -2.42. The molecule has 0 aliphatic heterocycles. The molecule has 0 aromatic heterocycles. The van der Waals surface area contributed by atoms with Gasteiger partial charge in [-0.15, -0.1) is 0 Å². The zero-order valence-corrected chi connectivity index (χ0v) is 16.2. The Hall–Kier alpha value is -0.280. The first-order chi connectivity index (χ1) is 11.8. The summed E-state index contributed by atoms with van der Waals surface area (Å²) in [6.07, 6.45) is -0.0361. The molecule has 0 bridgehead atoms. The molecule has 0 N–H and O–H groups in total. The van der Waals surface area contributed by atoms with Gasteiger partial charge >= 0.3 is 0 Å². The molecule has 0 saturated heterocycles. The first kappa shape index (κ1) is 21.0. The molecule has 4 heteroatoms. The molecule has 2 rings (SSSR count). The number of alkyl halides is 4. The highest BCUT2D eigenvalue weighted by Crippen LogP contribution is 2.46. The number of halogens is 4. The lowest BCUT2D eigenvalue weighted by Gasteiger charge is -2.42. The van der Waals surface area contributed by atoms with E-state index < -0.39 is 24.7 Å². The first-order valence-corrected chi connectivity index (χ1v) is 10.3. The minimum absolute atomic E-state index is 0.176. The molecule has 2 fully saturated rings. The Morgan fingerprint density at radius 2 is 1.44 bits per heavy atom. The Bertz CT molecular complexity index is 391. The fourth-order valence-corrected chi connectivity index (χ4v) is 5.24. The lowest BCUT2D eigenvalue weighted by atomic mass is 9.65. The smallest absolute Gasteiger partial charge is 0.134 e. The highest BCUT2D eigenvalue weighted by atomic mass is 19.2. The van der Waals surface area contributed by atoms with E-state index in [-0.39, 0.29) is 35.5 Å². The summed E-state index contributed by atoms with van der Waals surface area (Å²) in [7, 11) is 0. The van der Waals surface area contributed by atoms with Crippen LogP contribution in [0.15, 0.2) is 0 Å². The van der Waals surface area contributed by atoms with Crippen molar-refractivity contribution in [3.05, 3.63) is 0 Å². The highest BCUT2D eigenvalue weighted by molar-refractivity contribution is 4.93. The second kappa shape index (κ2) is 9.08. The molecule has 0 aromatic rings. The second-order valence-corrected chi connectivity index (χ2v) is 8.99. The summed E-state index contributed by atoms with van der Waals surface area (Å²) >= 11 is 0. The molecule has 0 amide bonds. The van der Waals surface area contributed by atoms with E-state index >= 15 is 0 Å². The number of rotatable bonds is 6. The SMILES string of the molecule is CCC(C1CCC(C2CCC(C)C(F)C2F)CC1)C(F)C(F)C(C)C. The van der Waals surface area contributed by atoms with Gasteiger partial charge in [0.15, 0.2) is 0 Å². The summed E-state index contributed by atoms with van der Waals surface area (Å²) in [5, 5.41) is 0. The molecule has 2 aliphatic rings. The van der Waals surface area contributed by atoms with Crippen molar-refractivity contribution < 1.29 is 17.6 Å². The topological polar surface area (TPSA) is 0 Å². The van der Waals surface area contributed by atoms with E-state index in [0.29, 0.717) is 6.42 Å². The molecular weight excluding hydrogens is 328 g/mol. The summed E-state index contributed by atoms with van der Waals surface area (Å²) in [6.45, 7) is 7.17. The fraction of sp³-hybridized carbons (Fsp3) is 1.00. The summed E-state index contributed by atoms with van der Waals surface area (Å²) in [5.41, 5.74) is 0. The van der Waals surface area contributed by atoms with Gasteiger partial charge in [0.2, 0.25) is 0 Å². The molecule has 2 saturated carbocycles. The first-order valence-electron chi connectivity index (χ1n) is 10.3. The van der Waals surface area contributed by atoms with Crippen molar-refractivity contribution in [2.75, 3.05) is 0 Å². The maximum Gasteiger partial charge on any atom is 0.134 e. The predicted molar refractivity (Wildman–Crippen MR) is 95.5 cm³/mol. The van der Waals surface area contributed by atoms with Crippen LogP contribution in [0.25, 0.3) is 0 Å². The second-order valence-electron chi connectivity index (χ2n) is 8.99. The van der Waals surface area contributed by atoms with Gasteiger partial charge in [-0.2, -0.15) is 0 Å². The Morgan fingerprint density at radius 1 is 0.840 bits per heavy atom. The van der Waals surface area contributed by atoms with E-state index in [1.165, 1.54) is 0 Å². The van der Waals surface area contributed by atoms with Gasteiger partial charge < -0.3 is 0 Å². The third-order valence-corrected chi connectivity index (χ3v) is 7.06. The van der Waals surface area contributed by atoms with Crippen LogP contribution in [0.1, 0.15) is 72.6 Å². The van der Waals surface area contributed by atoms with Crippen LogP contribution >= 0.6 is 0 Å². The van der Waals surface area contributed by atoms with Gasteiger partial charge in [0.1, 0.15) is 24.7 Å². The Morgan fingerprint density at radius 3 is 1.96 bits per heavy atom. The Balaban J connectivity index is 1.92. The summed E-state index contributed by atoms with van der Waals surface area (Å²) in [5.74, 6) is -0.540. The molecular formula is C21H36F4. The van der Waals surface area contributed by atoms with Crippen molar-refractivity contribution in [1.29, 1.82) is 0 Å². The average molecular weight is 365 g/mol. The average Bonchev–Trinajstić information content (AvgIpc) is 2.60. The summed E-state index contributed by atoms with van der Waals surface area (Å²) < 4.78 is 57.2. The van der Waals surface area contributed by atoms with Crippen LogP contribution in [0.3, 0.4) is 0 Å². The van der Waals surface area contributed by atoms with E-state index in [0.717, 1.165) is 38.5 Å². The van der Waals surface area contributed by atoms with Gasteiger partial charge in [-0.25, -0.2) is 17.6 Å². The van der Waals surface area contributed by atoms with Crippen LogP contribution in [-0.4, -0.2) is 24.7 Å². The molecule has 0 spiro atoms. The lowest BCUT2D eigenvalue weighted by molar-refractivity contribution is -0.0163. The molecule has 0 heterocycles. The highest BCUT2D eigenvalue weighted by Gasteiger charge is 2.44. The minimum Gasteiger partial charge on any atom is -0.244 e. The van der Waals surface area contributed by atoms with E-state index in [2.05, 4.69) is 0 Å². The number of hydrogen-bond donors (Lipinski definition) is 0. The van der Waals surface area contributed by atoms with Crippen molar-refractivity contribution >= 4 is 0 Å². The number of hydrogen-bond acceptors (Lipinski definition) is 0. The zero-order valence-electron chi connectivity index (χ0n) is 16.2. The van der Waals surface area contributed by atoms with Crippen LogP contribution in [0.2, 0.25) is 0 Å². The van der Waals surface area contributed by atoms with Crippen molar-refractivity contribution in [2.24, 2.45) is 35.5 Å². The maximum atomic E-state index is 14.6. The monoisotopic (exact) mass is 364 g/mol. The molecule has 25 heavy (non-hydrogen) atoms. The van der Waals surface area contributed by atoms with E-state index in [4.69, 9.17) is 0 Å². The normalized spacial score (nSPS) is 40.7. The molecule has 7 atom stereocenters. The van der Waals surface area contributed by atoms with Gasteiger partial charge in [-0.1, -0.05) is 34.1 Å².